The number of nitrogens with one attached hydrogen (secondary N) is 1. The molecule has 0 radical (unpaired) electrons. The molecule has 45 heavy (non-hydrogen) atoms. The average Bonchev–Trinajstić information content (AvgIpc) is 3.66. The van der Waals surface area contributed by atoms with Crippen molar-refractivity contribution in [3.63, 3.8) is 0 Å². The Labute approximate surface area is 265 Å². The first kappa shape index (κ1) is 32.9. The predicted octanol–water partition coefficient (Wildman–Crippen LogP) is 3.31. The minimum atomic E-state index is -1.35. The number of aliphatic hydroxyl groups excluding tert-OH is 1. The number of ether oxygens (including phenoxy) is 2. The summed E-state index contributed by atoms with van der Waals surface area (Å²) in [5.74, 6) is -3.13. The first-order valence-corrected chi connectivity index (χ1v) is 16.4. The molecule has 1 spiro atoms. The van der Waals surface area contributed by atoms with Crippen molar-refractivity contribution in [1.82, 2.24) is 15.1 Å². The largest absolute Gasteiger partial charge is 0.463 e. The van der Waals surface area contributed by atoms with Crippen LogP contribution in [0.1, 0.15) is 71.4 Å². The monoisotopic (exact) mass is 621 g/mol. The average molecular weight is 622 g/mol. The highest BCUT2D eigenvalue weighted by atomic mass is 16.5. The Bertz CT molecular complexity index is 1310. The molecule has 1 aromatic rings. The summed E-state index contributed by atoms with van der Waals surface area (Å²) in [6.45, 7) is 7.99. The molecule has 0 saturated carbocycles. The Balaban J connectivity index is 1.60. The summed E-state index contributed by atoms with van der Waals surface area (Å²) >= 11 is 0. The molecule has 4 heterocycles. The van der Waals surface area contributed by atoms with Gasteiger partial charge in [-0.05, 0) is 37.7 Å². The van der Waals surface area contributed by atoms with Crippen LogP contribution in [0, 0.1) is 17.8 Å². The summed E-state index contributed by atoms with van der Waals surface area (Å²) in [4.78, 5) is 59.5. The quantitative estimate of drug-likeness (QED) is 0.337. The molecule has 1 aromatic carbocycles. The molecule has 10 nitrogen and oxygen atoms in total. The van der Waals surface area contributed by atoms with Crippen LogP contribution in [-0.4, -0.2) is 88.2 Å². The molecule has 2 N–H and O–H groups in total. The third-order valence-electron chi connectivity index (χ3n) is 9.63. The number of carbonyl (C=O) groups excluding carboxylic acids is 4. The Morgan fingerprint density at radius 2 is 1.82 bits per heavy atom. The summed E-state index contributed by atoms with van der Waals surface area (Å²) in [6.07, 6.45) is 9.35. The van der Waals surface area contributed by atoms with E-state index in [-0.39, 0.29) is 55.9 Å². The lowest BCUT2D eigenvalue weighted by Gasteiger charge is -2.40. The van der Waals surface area contributed by atoms with Crippen LogP contribution in [0.4, 0.5) is 0 Å². The number of carbonyl (C=O) groups is 4. The molecular formula is C35H47N3O7. The maximum absolute atomic E-state index is 14.8. The second kappa shape index (κ2) is 13.9. The number of hydrogen-bond donors (Lipinski definition) is 2. The van der Waals surface area contributed by atoms with Crippen LogP contribution in [-0.2, 0) is 28.7 Å². The number of benzene rings is 1. The van der Waals surface area contributed by atoms with E-state index < -0.39 is 47.6 Å². The van der Waals surface area contributed by atoms with E-state index in [9.17, 15) is 24.3 Å². The summed E-state index contributed by atoms with van der Waals surface area (Å²) in [5, 5.41) is 13.6. The third-order valence-corrected chi connectivity index (χ3v) is 9.63. The van der Waals surface area contributed by atoms with Gasteiger partial charge < -0.3 is 29.7 Å². The van der Waals surface area contributed by atoms with Crippen molar-refractivity contribution < 1.29 is 33.8 Å². The van der Waals surface area contributed by atoms with Crippen molar-refractivity contribution in [3.8, 4) is 0 Å². The standard InChI is InChI=1S/C35H47N3O7/c1-5-12-23(4)37-18-11-7-10-15-28(40)44-21-26(24-13-8-6-9-14-24)36-32(41)29-27-16-17-35(45-27)30(29)33(42)38(31(35)34(37)43)25(20-39)19-22(2)3/h6-9,11,13-14,16-17,22-23,25-27,29-31,39H,5,10,12,15,18-21H2,1-4H3,(H,36,41)/b11-7-/t23?,25-,26-,27-,29+,30+,31-,35+/m1/s1. The second-order valence-electron chi connectivity index (χ2n) is 13.2. The topological polar surface area (TPSA) is 125 Å². The number of esters is 1. The van der Waals surface area contributed by atoms with Gasteiger partial charge in [-0.3, -0.25) is 19.2 Å². The molecule has 0 aromatic heterocycles. The molecule has 8 atom stereocenters. The van der Waals surface area contributed by atoms with Gasteiger partial charge in [0.25, 0.3) is 0 Å². The van der Waals surface area contributed by atoms with E-state index >= 15 is 0 Å². The number of amides is 3. The molecule has 2 saturated heterocycles. The SMILES string of the molecule is CCCC(C)N1C/C=C\CCC(=O)OC[C@H](c2ccccc2)NC(=O)[C@@H]2[C@H]3C(=O)N([C@@H](CO)CC(C)C)[C@H](C1=O)[C@]31C=C[C@H]2O1. The van der Waals surface area contributed by atoms with Crippen molar-refractivity contribution in [2.75, 3.05) is 19.8 Å². The van der Waals surface area contributed by atoms with Crippen LogP contribution in [0.3, 0.4) is 0 Å². The third kappa shape index (κ3) is 6.31. The molecule has 244 valence electrons. The molecule has 5 bridgehead atoms. The summed E-state index contributed by atoms with van der Waals surface area (Å²) in [6, 6.07) is 6.82. The fraction of sp³-hybridized carbons (Fsp3) is 0.600. The Morgan fingerprint density at radius 1 is 1.07 bits per heavy atom. The highest BCUT2D eigenvalue weighted by molar-refractivity contribution is 6.00. The molecular weight excluding hydrogens is 574 g/mol. The fourth-order valence-electron chi connectivity index (χ4n) is 7.55. The molecule has 4 aliphatic rings. The maximum Gasteiger partial charge on any atom is 0.306 e. The van der Waals surface area contributed by atoms with Crippen molar-refractivity contribution in [3.05, 3.63) is 60.2 Å². The smallest absolute Gasteiger partial charge is 0.306 e. The molecule has 4 aliphatic heterocycles. The van der Waals surface area contributed by atoms with E-state index in [1.165, 1.54) is 4.90 Å². The van der Waals surface area contributed by atoms with E-state index in [0.29, 0.717) is 12.8 Å². The van der Waals surface area contributed by atoms with Crippen molar-refractivity contribution in [2.45, 2.75) is 95.7 Å². The minimum Gasteiger partial charge on any atom is -0.463 e. The first-order valence-electron chi connectivity index (χ1n) is 16.4. The van der Waals surface area contributed by atoms with Gasteiger partial charge in [-0.25, -0.2) is 0 Å². The number of fused-ring (bicyclic) bond motifs is 2. The van der Waals surface area contributed by atoms with E-state index in [1.807, 2.05) is 63.3 Å². The van der Waals surface area contributed by atoms with Gasteiger partial charge in [0.1, 0.15) is 18.2 Å². The summed E-state index contributed by atoms with van der Waals surface area (Å²) in [7, 11) is 0. The highest BCUT2D eigenvalue weighted by Gasteiger charge is 2.73. The molecule has 2 fully saturated rings. The van der Waals surface area contributed by atoms with Gasteiger partial charge in [0, 0.05) is 19.0 Å². The van der Waals surface area contributed by atoms with Gasteiger partial charge in [-0.2, -0.15) is 0 Å². The van der Waals surface area contributed by atoms with Gasteiger partial charge in [-0.15, -0.1) is 0 Å². The lowest BCUT2D eigenvalue weighted by Crippen LogP contribution is -2.60. The number of likely N-dealkylation sites (tertiary alicyclic amines) is 1. The van der Waals surface area contributed by atoms with E-state index in [4.69, 9.17) is 9.47 Å². The van der Waals surface area contributed by atoms with Crippen LogP contribution < -0.4 is 5.32 Å². The molecule has 1 unspecified atom stereocenters. The normalized spacial score (nSPS) is 32.4. The predicted molar refractivity (Wildman–Crippen MR) is 167 cm³/mol. The van der Waals surface area contributed by atoms with E-state index in [0.717, 1.165) is 18.4 Å². The zero-order chi connectivity index (χ0) is 32.3. The van der Waals surface area contributed by atoms with Gasteiger partial charge in [0.05, 0.1) is 36.6 Å². The highest BCUT2D eigenvalue weighted by Crippen LogP contribution is 2.56. The molecule has 0 aliphatic carbocycles. The van der Waals surface area contributed by atoms with Crippen LogP contribution in [0.25, 0.3) is 0 Å². The summed E-state index contributed by atoms with van der Waals surface area (Å²) in [5.41, 5.74) is -0.585. The minimum absolute atomic E-state index is 0.0628. The maximum atomic E-state index is 14.8. The number of allylic oxidation sites excluding steroid dienone is 1. The molecule has 5 rings (SSSR count). The summed E-state index contributed by atoms with van der Waals surface area (Å²) < 4.78 is 12.2. The van der Waals surface area contributed by atoms with Gasteiger partial charge in [0.2, 0.25) is 17.7 Å². The lowest BCUT2D eigenvalue weighted by atomic mass is 9.74. The fourth-order valence-corrected chi connectivity index (χ4v) is 7.55. The van der Waals surface area contributed by atoms with Crippen molar-refractivity contribution >= 4 is 23.7 Å². The van der Waals surface area contributed by atoms with Gasteiger partial charge in [-0.1, -0.05) is 81.8 Å². The number of hydrogen-bond acceptors (Lipinski definition) is 7. The zero-order valence-corrected chi connectivity index (χ0v) is 26.8. The van der Waals surface area contributed by atoms with Crippen LogP contribution in [0.5, 0.6) is 0 Å². The van der Waals surface area contributed by atoms with Crippen molar-refractivity contribution in [2.24, 2.45) is 17.8 Å². The number of nitrogens with zero attached hydrogens (tertiary/aromatic N) is 2. The Kier molecular flexibility index (Phi) is 10.1. The van der Waals surface area contributed by atoms with Crippen molar-refractivity contribution in [1.29, 1.82) is 0 Å². The Morgan fingerprint density at radius 3 is 2.51 bits per heavy atom. The van der Waals surface area contributed by atoms with Crippen LogP contribution >= 0.6 is 0 Å². The number of aliphatic hydroxyl groups is 1. The second-order valence-corrected chi connectivity index (χ2v) is 13.2. The van der Waals surface area contributed by atoms with Gasteiger partial charge in [0.15, 0.2) is 0 Å². The van der Waals surface area contributed by atoms with Crippen LogP contribution in [0.15, 0.2) is 54.6 Å². The van der Waals surface area contributed by atoms with E-state index in [1.54, 1.807) is 17.1 Å². The van der Waals surface area contributed by atoms with Crippen LogP contribution in [0.2, 0.25) is 0 Å². The molecule has 3 amide bonds. The van der Waals surface area contributed by atoms with Gasteiger partial charge >= 0.3 is 5.97 Å². The zero-order valence-electron chi connectivity index (χ0n) is 26.8. The van der Waals surface area contributed by atoms with E-state index in [2.05, 4.69) is 12.2 Å². The lowest BCUT2D eigenvalue weighted by molar-refractivity contribution is -0.152. The molecule has 10 heteroatoms. The Hall–Kier alpha value is -3.50. The first-order chi connectivity index (χ1) is 21.6. The number of rotatable bonds is 8. The number of cyclic esters (lactones) is 1.